The van der Waals surface area contributed by atoms with Crippen molar-refractivity contribution in [1.29, 1.82) is 0 Å². The van der Waals surface area contributed by atoms with Crippen LogP contribution < -0.4 is 10.1 Å². The van der Waals surface area contributed by atoms with Crippen LogP contribution in [0.4, 0.5) is 13.2 Å². The van der Waals surface area contributed by atoms with E-state index in [1.54, 1.807) is 6.92 Å². The average molecular weight is 456 g/mol. The van der Waals surface area contributed by atoms with E-state index in [0.29, 0.717) is 0 Å². The fourth-order valence-corrected chi connectivity index (χ4v) is 3.21. The highest BCUT2D eigenvalue weighted by Gasteiger charge is 2.35. The second-order valence-corrected chi connectivity index (χ2v) is 7.33. The molecule has 1 aromatic heterocycles. The van der Waals surface area contributed by atoms with Gasteiger partial charge in [-0.3, -0.25) is 0 Å². The standard InChI is InChI=1S/C21H23F3N2O4S/c1-11(14-7-5-6-8-15(14)21(22,23)24)13(3)30-20(28)12(2)26-19(31)17-18(27)16(29-4)9-10-25-17/h5-13,27H,1-4H3,(H,26,31)/t11-,12+,13+/m1/s1. The third-order valence-corrected chi connectivity index (χ3v) is 5.10. The summed E-state index contributed by atoms with van der Waals surface area (Å²) in [6.07, 6.45) is -3.97. The molecule has 0 aliphatic heterocycles. The van der Waals surface area contributed by atoms with Crippen molar-refractivity contribution in [3.8, 4) is 11.5 Å². The summed E-state index contributed by atoms with van der Waals surface area (Å²) in [7, 11) is 1.37. The van der Waals surface area contributed by atoms with Crippen LogP contribution in [-0.4, -0.2) is 40.3 Å². The first-order chi connectivity index (χ1) is 14.5. The number of ether oxygens (including phenoxy) is 2. The summed E-state index contributed by atoms with van der Waals surface area (Å²) >= 11 is 5.19. The molecule has 0 aliphatic rings. The molecule has 0 saturated heterocycles. The van der Waals surface area contributed by atoms with E-state index in [4.69, 9.17) is 21.7 Å². The van der Waals surface area contributed by atoms with Gasteiger partial charge in [0.15, 0.2) is 11.5 Å². The molecule has 0 spiro atoms. The molecule has 2 aromatic rings. The molecule has 0 unspecified atom stereocenters. The number of alkyl halides is 3. The highest BCUT2D eigenvalue weighted by Crippen LogP contribution is 2.36. The average Bonchev–Trinajstić information content (AvgIpc) is 2.72. The van der Waals surface area contributed by atoms with Gasteiger partial charge in [-0.25, -0.2) is 9.78 Å². The molecule has 0 fully saturated rings. The van der Waals surface area contributed by atoms with Gasteiger partial charge in [0.05, 0.1) is 12.7 Å². The second-order valence-electron chi connectivity index (χ2n) is 6.92. The number of carbonyl (C=O) groups is 1. The van der Waals surface area contributed by atoms with E-state index in [2.05, 4.69) is 10.3 Å². The summed E-state index contributed by atoms with van der Waals surface area (Å²) < 4.78 is 50.2. The minimum absolute atomic E-state index is 0.0102. The van der Waals surface area contributed by atoms with Gasteiger partial charge < -0.3 is 19.9 Å². The summed E-state index contributed by atoms with van der Waals surface area (Å²) in [6.45, 7) is 4.56. The van der Waals surface area contributed by atoms with Crippen molar-refractivity contribution in [2.75, 3.05) is 7.11 Å². The van der Waals surface area contributed by atoms with E-state index < -0.39 is 35.8 Å². The maximum absolute atomic E-state index is 13.3. The minimum Gasteiger partial charge on any atom is -0.503 e. The van der Waals surface area contributed by atoms with Crippen molar-refractivity contribution >= 4 is 23.2 Å². The van der Waals surface area contributed by atoms with Crippen LogP contribution in [-0.2, 0) is 15.7 Å². The van der Waals surface area contributed by atoms with E-state index in [-0.39, 0.29) is 27.7 Å². The second kappa shape index (κ2) is 9.95. The largest absolute Gasteiger partial charge is 0.503 e. The third kappa shape index (κ3) is 5.84. The zero-order valence-electron chi connectivity index (χ0n) is 17.4. The molecule has 0 amide bonds. The summed E-state index contributed by atoms with van der Waals surface area (Å²) in [5, 5.41) is 12.8. The molecule has 168 valence electrons. The van der Waals surface area contributed by atoms with E-state index in [1.807, 2.05) is 0 Å². The van der Waals surface area contributed by atoms with Crippen molar-refractivity contribution in [3.63, 3.8) is 0 Å². The van der Waals surface area contributed by atoms with Gasteiger partial charge >= 0.3 is 12.1 Å². The van der Waals surface area contributed by atoms with E-state index in [9.17, 15) is 23.1 Å². The highest BCUT2D eigenvalue weighted by molar-refractivity contribution is 7.80. The number of thiocarbonyl (C=S) groups is 1. The maximum atomic E-state index is 13.3. The third-order valence-electron chi connectivity index (χ3n) is 4.79. The molecule has 0 radical (unpaired) electrons. The molecule has 2 rings (SSSR count). The fraction of sp³-hybridized carbons (Fsp3) is 0.381. The zero-order chi connectivity index (χ0) is 23.3. The highest BCUT2D eigenvalue weighted by atomic mass is 32.1. The predicted molar refractivity (Wildman–Crippen MR) is 112 cm³/mol. The molecule has 2 N–H and O–H groups in total. The topological polar surface area (TPSA) is 80.7 Å². The number of esters is 1. The van der Waals surface area contributed by atoms with Crippen LogP contribution >= 0.6 is 12.2 Å². The number of hydrogen-bond acceptors (Lipinski definition) is 6. The number of hydrogen-bond donors (Lipinski definition) is 2. The number of aromatic hydroxyl groups is 1. The first-order valence-electron chi connectivity index (χ1n) is 9.36. The van der Waals surface area contributed by atoms with Crippen LogP contribution in [0.25, 0.3) is 0 Å². The Morgan fingerprint density at radius 2 is 1.84 bits per heavy atom. The monoisotopic (exact) mass is 456 g/mol. The van der Waals surface area contributed by atoms with Crippen LogP contribution in [0.15, 0.2) is 36.5 Å². The quantitative estimate of drug-likeness (QED) is 0.477. The molecule has 3 atom stereocenters. The Kier molecular flexibility index (Phi) is 7.83. The molecule has 6 nitrogen and oxygen atoms in total. The number of pyridine rings is 1. The molecule has 0 aliphatic carbocycles. The van der Waals surface area contributed by atoms with Crippen LogP contribution in [0.3, 0.4) is 0 Å². The van der Waals surface area contributed by atoms with E-state index >= 15 is 0 Å². The Hall–Kier alpha value is -2.88. The van der Waals surface area contributed by atoms with Crippen molar-refractivity contribution in [1.82, 2.24) is 10.3 Å². The molecule has 31 heavy (non-hydrogen) atoms. The van der Waals surface area contributed by atoms with Crippen molar-refractivity contribution in [3.05, 3.63) is 53.3 Å². The zero-order valence-corrected chi connectivity index (χ0v) is 18.2. The van der Waals surface area contributed by atoms with Gasteiger partial charge in [-0.15, -0.1) is 0 Å². The summed E-state index contributed by atoms with van der Waals surface area (Å²) in [5.41, 5.74) is -0.705. The van der Waals surface area contributed by atoms with Crippen molar-refractivity contribution in [2.45, 2.75) is 45.0 Å². The van der Waals surface area contributed by atoms with Gasteiger partial charge in [-0.05, 0) is 25.5 Å². The molecular weight excluding hydrogens is 433 g/mol. The summed E-state index contributed by atoms with van der Waals surface area (Å²) in [5.74, 6) is -1.54. The first kappa shape index (κ1) is 24.4. The van der Waals surface area contributed by atoms with Crippen molar-refractivity contribution < 1.29 is 32.5 Å². The van der Waals surface area contributed by atoms with Gasteiger partial charge in [-0.2, -0.15) is 13.2 Å². The molecule has 0 bridgehead atoms. The van der Waals surface area contributed by atoms with Crippen LogP contribution in [0.5, 0.6) is 11.5 Å². The number of carbonyl (C=O) groups excluding carboxylic acids is 1. The number of halogens is 3. The Labute approximate surface area is 183 Å². The first-order valence-corrected chi connectivity index (χ1v) is 9.77. The lowest BCUT2D eigenvalue weighted by atomic mass is 9.91. The van der Waals surface area contributed by atoms with Gasteiger partial charge in [0.25, 0.3) is 0 Å². The lowest BCUT2D eigenvalue weighted by Crippen LogP contribution is -2.41. The summed E-state index contributed by atoms with van der Waals surface area (Å²) in [4.78, 5) is 16.4. The van der Waals surface area contributed by atoms with Crippen LogP contribution in [0, 0.1) is 0 Å². The van der Waals surface area contributed by atoms with Gasteiger partial charge in [0.1, 0.15) is 22.8 Å². The number of nitrogens with zero attached hydrogens (tertiary/aromatic N) is 1. The SMILES string of the molecule is COc1ccnc(C(=S)N[C@@H](C)C(=O)O[C@@H](C)[C@@H](C)c2ccccc2C(F)(F)F)c1O. The number of methoxy groups -OCH3 is 1. The Balaban J connectivity index is 2.07. The smallest absolute Gasteiger partial charge is 0.416 e. The number of aromatic nitrogens is 1. The van der Waals surface area contributed by atoms with Crippen molar-refractivity contribution in [2.24, 2.45) is 0 Å². The molecule has 10 heteroatoms. The van der Waals surface area contributed by atoms with Gasteiger partial charge in [0.2, 0.25) is 0 Å². The van der Waals surface area contributed by atoms with E-state index in [0.717, 1.165) is 6.07 Å². The Bertz CT molecular complexity index is 952. The number of benzene rings is 1. The number of nitrogens with one attached hydrogen (secondary N) is 1. The minimum atomic E-state index is -4.51. The maximum Gasteiger partial charge on any atom is 0.416 e. The Morgan fingerprint density at radius 1 is 1.19 bits per heavy atom. The van der Waals surface area contributed by atoms with E-state index in [1.165, 1.54) is 51.4 Å². The molecular formula is C21H23F3N2O4S. The molecule has 1 heterocycles. The molecule has 1 aromatic carbocycles. The normalized spacial score (nSPS) is 14.3. The number of rotatable bonds is 7. The Morgan fingerprint density at radius 3 is 2.45 bits per heavy atom. The molecule has 0 saturated carbocycles. The summed E-state index contributed by atoms with van der Waals surface area (Å²) in [6, 6.07) is 5.69. The fourth-order valence-electron chi connectivity index (χ4n) is 2.88. The van der Waals surface area contributed by atoms with Gasteiger partial charge in [0, 0.05) is 18.2 Å². The van der Waals surface area contributed by atoms with Crippen LogP contribution in [0.2, 0.25) is 0 Å². The lowest BCUT2D eigenvalue weighted by molar-refractivity contribution is -0.151. The predicted octanol–water partition coefficient (Wildman–Crippen LogP) is 4.20. The van der Waals surface area contributed by atoms with Crippen LogP contribution in [0.1, 0.15) is 43.5 Å². The lowest BCUT2D eigenvalue weighted by Gasteiger charge is -2.25. The van der Waals surface area contributed by atoms with Gasteiger partial charge in [-0.1, -0.05) is 37.3 Å².